The van der Waals surface area contributed by atoms with Crippen LogP contribution in [0.25, 0.3) is 11.0 Å². The lowest BCUT2D eigenvalue weighted by atomic mass is 10.2. The van der Waals surface area contributed by atoms with Crippen LogP contribution in [0.3, 0.4) is 0 Å². The second-order valence-electron chi connectivity index (χ2n) is 6.48. The molecule has 1 aromatic heterocycles. The lowest BCUT2D eigenvalue weighted by molar-refractivity contribution is 0.0730. The first-order valence-electron chi connectivity index (χ1n) is 9.34. The van der Waals surface area contributed by atoms with Crippen LogP contribution in [0.5, 0.6) is 5.75 Å². The van der Waals surface area contributed by atoms with Crippen LogP contribution in [-0.2, 0) is 0 Å². The molecular weight excluding hydrogens is 396 g/mol. The van der Waals surface area contributed by atoms with Gasteiger partial charge in [0.05, 0.1) is 6.21 Å². The molecule has 0 aliphatic carbocycles. The van der Waals surface area contributed by atoms with Gasteiger partial charge in [-0.1, -0.05) is 48.5 Å². The largest absolute Gasteiger partial charge is 0.422 e. The molecule has 4 rings (SSSR count). The summed E-state index contributed by atoms with van der Waals surface area (Å²) in [5.41, 5.74) is 2.69. The molecule has 0 radical (unpaired) electrons. The van der Waals surface area contributed by atoms with Gasteiger partial charge in [0.1, 0.15) is 16.9 Å². The first kappa shape index (κ1) is 19.8. The number of hydrazone groups is 1. The highest BCUT2D eigenvalue weighted by Crippen LogP contribution is 2.18. The Hall–Kier alpha value is -4.52. The van der Waals surface area contributed by atoms with Gasteiger partial charge in [0.25, 0.3) is 5.91 Å². The highest BCUT2D eigenvalue weighted by atomic mass is 16.5. The zero-order valence-corrected chi connectivity index (χ0v) is 16.1. The molecule has 7 nitrogen and oxygen atoms in total. The quantitative estimate of drug-likeness (QED) is 0.177. The molecule has 3 aromatic carbocycles. The summed E-state index contributed by atoms with van der Waals surface area (Å²) in [6.07, 6.45) is 1.35. The van der Waals surface area contributed by atoms with Gasteiger partial charge in [-0.15, -0.1) is 0 Å². The summed E-state index contributed by atoms with van der Waals surface area (Å²) in [5.74, 6) is -1.05. The number of hydrogen-bond donors (Lipinski definition) is 1. The van der Waals surface area contributed by atoms with Gasteiger partial charge >= 0.3 is 11.6 Å². The summed E-state index contributed by atoms with van der Waals surface area (Å²) < 4.78 is 10.6. The van der Waals surface area contributed by atoms with Crippen molar-refractivity contribution in [1.29, 1.82) is 0 Å². The molecule has 0 saturated carbocycles. The Kier molecular flexibility index (Phi) is 5.66. The van der Waals surface area contributed by atoms with Crippen LogP contribution in [-0.4, -0.2) is 18.1 Å². The molecule has 1 heterocycles. The van der Waals surface area contributed by atoms with Crippen LogP contribution >= 0.6 is 0 Å². The molecule has 1 amide bonds. The molecule has 0 bridgehead atoms. The zero-order valence-electron chi connectivity index (χ0n) is 16.1. The molecule has 152 valence electrons. The SMILES string of the molecule is O=C(NN=Cc1ccccc1OC(=O)c1cc2ccccc2oc1=O)c1ccccc1. The van der Waals surface area contributed by atoms with Crippen molar-refractivity contribution >= 4 is 29.1 Å². The van der Waals surface area contributed by atoms with Gasteiger partial charge in [-0.25, -0.2) is 15.0 Å². The van der Waals surface area contributed by atoms with Crippen LogP contribution in [0.2, 0.25) is 0 Å². The van der Waals surface area contributed by atoms with Gasteiger partial charge in [-0.05, 0) is 36.4 Å². The minimum absolute atomic E-state index is 0.178. The highest BCUT2D eigenvalue weighted by molar-refractivity contribution is 5.96. The van der Waals surface area contributed by atoms with Gasteiger partial charge in [-0.2, -0.15) is 5.10 Å². The van der Waals surface area contributed by atoms with Crippen molar-refractivity contribution < 1.29 is 18.7 Å². The zero-order chi connectivity index (χ0) is 21.6. The monoisotopic (exact) mass is 412 g/mol. The molecule has 0 fully saturated rings. The third kappa shape index (κ3) is 4.56. The smallest absolute Gasteiger partial charge is 0.351 e. The van der Waals surface area contributed by atoms with E-state index >= 15 is 0 Å². The Bertz CT molecular complexity index is 1340. The number of carbonyl (C=O) groups excluding carboxylic acids is 2. The maximum absolute atomic E-state index is 12.6. The fourth-order valence-corrected chi connectivity index (χ4v) is 2.85. The van der Waals surface area contributed by atoms with Crippen LogP contribution < -0.4 is 15.8 Å². The van der Waals surface area contributed by atoms with Crippen molar-refractivity contribution in [2.24, 2.45) is 5.10 Å². The van der Waals surface area contributed by atoms with E-state index in [2.05, 4.69) is 10.5 Å². The van der Waals surface area contributed by atoms with Crippen LogP contribution in [0.4, 0.5) is 0 Å². The van der Waals surface area contributed by atoms with E-state index in [1.54, 1.807) is 78.9 Å². The minimum atomic E-state index is -0.853. The summed E-state index contributed by atoms with van der Waals surface area (Å²) in [7, 11) is 0. The van der Waals surface area contributed by atoms with Gasteiger partial charge in [-0.3, -0.25) is 4.79 Å². The molecule has 0 aliphatic heterocycles. The first-order chi connectivity index (χ1) is 15.1. The summed E-state index contributed by atoms with van der Waals surface area (Å²) in [6, 6.07) is 23.5. The number of para-hydroxylation sites is 2. The van der Waals surface area contributed by atoms with Crippen LogP contribution in [0, 0.1) is 0 Å². The second-order valence-corrected chi connectivity index (χ2v) is 6.48. The Morgan fingerprint density at radius 2 is 1.61 bits per heavy atom. The fraction of sp³-hybridized carbons (Fsp3) is 0. The van der Waals surface area contributed by atoms with E-state index in [0.29, 0.717) is 22.1 Å². The summed E-state index contributed by atoms with van der Waals surface area (Å²) in [4.78, 5) is 36.9. The first-order valence-corrected chi connectivity index (χ1v) is 9.34. The average Bonchev–Trinajstić information content (AvgIpc) is 2.80. The molecule has 0 spiro atoms. The number of hydrogen-bond acceptors (Lipinski definition) is 6. The van der Waals surface area contributed by atoms with Crippen molar-refractivity contribution in [2.75, 3.05) is 0 Å². The van der Waals surface area contributed by atoms with E-state index in [-0.39, 0.29) is 17.2 Å². The number of ether oxygens (including phenoxy) is 1. The van der Waals surface area contributed by atoms with Gasteiger partial charge in [0, 0.05) is 16.5 Å². The van der Waals surface area contributed by atoms with E-state index in [4.69, 9.17) is 9.15 Å². The predicted molar refractivity (Wildman–Crippen MR) is 115 cm³/mol. The van der Waals surface area contributed by atoms with Crippen LogP contribution in [0.15, 0.2) is 99.2 Å². The predicted octanol–water partition coefficient (Wildman–Crippen LogP) is 3.78. The average molecular weight is 412 g/mol. The van der Waals surface area contributed by atoms with E-state index in [0.717, 1.165) is 0 Å². The van der Waals surface area contributed by atoms with E-state index in [9.17, 15) is 14.4 Å². The second kappa shape index (κ2) is 8.87. The molecule has 31 heavy (non-hydrogen) atoms. The molecule has 4 aromatic rings. The maximum atomic E-state index is 12.6. The van der Waals surface area contributed by atoms with Crippen molar-refractivity contribution in [2.45, 2.75) is 0 Å². The lowest BCUT2D eigenvalue weighted by Gasteiger charge is -2.07. The molecule has 0 saturated heterocycles. The van der Waals surface area contributed by atoms with E-state index in [1.165, 1.54) is 12.3 Å². The lowest BCUT2D eigenvalue weighted by Crippen LogP contribution is -2.19. The summed E-state index contributed by atoms with van der Waals surface area (Å²) in [5, 5.41) is 4.53. The molecule has 1 N–H and O–H groups in total. The number of amides is 1. The van der Waals surface area contributed by atoms with Gasteiger partial charge in [0.15, 0.2) is 0 Å². The number of nitrogens with zero attached hydrogens (tertiary/aromatic N) is 1. The van der Waals surface area contributed by atoms with E-state index < -0.39 is 11.6 Å². The number of esters is 1. The highest BCUT2D eigenvalue weighted by Gasteiger charge is 2.17. The molecule has 0 atom stereocenters. The Morgan fingerprint density at radius 1 is 0.903 bits per heavy atom. The van der Waals surface area contributed by atoms with Crippen LogP contribution in [0.1, 0.15) is 26.3 Å². The van der Waals surface area contributed by atoms with E-state index in [1.807, 2.05) is 0 Å². The van der Waals surface area contributed by atoms with Gasteiger partial charge < -0.3 is 9.15 Å². The molecule has 7 heteroatoms. The third-order valence-corrected chi connectivity index (χ3v) is 4.39. The fourth-order valence-electron chi connectivity index (χ4n) is 2.85. The summed E-state index contributed by atoms with van der Waals surface area (Å²) in [6.45, 7) is 0. The number of rotatable bonds is 5. The Labute approximate surface area is 176 Å². The van der Waals surface area contributed by atoms with Crippen molar-refractivity contribution in [1.82, 2.24) is 5.43 Å². The molecule has 0 aliphatic rings. The Balaban J connectivity index is 1.52. The standard InChI is InChI=1S/C24H16N2O5/c27-22(16-8-2-1-3-9-16)26-25-15-18-11-5-7-13-21(18)31-24(29)19-14-17-10-4-6-12-20(17)30-23(19)28/h1-15H,(H,26,27). The number of fused-ring (bicyclic) bond motifs is 1. The topological polar surface area (TPSA) is 98.0 Å². The maximum Gasteiger partial charge on any atom is 0.351 e. The number of carbonyl (C=O) groups is 2. The number of benzene rings is 3. The Morgan fingerprint density at radius 3 is 2.45 bits per heavy atom. The third-order valence-electron chi connectivity index (χ3n) is 4.39. The van der Waals surface area contributed by atoms with Crippen molar-refractivity contribution in [3.63, 3.8) is 0 Å². The molecular formula is C24H16N2O5. The van der Waals surface area contributed by atoms with Crippen molar-refractivity contribution in [3.8, 4) is 5.75 Å². The molecule has 0 unspecified atom stereocenters. The normalized spacial score (nSPS) is 10.8. The van der Waals surface area contributed by atoms with Gasteiger partial charge in [0.2, 0.25) is 0 Å². The summed E-state index contributed by atoms with van der Waals surface area (Å²) >= 11 is 0. The number of nitrogens with one attached hydrogen (secondary N) is 1. The van der Waals surface area contributed by atoms with Crippen molar-refractivity contribution in [3.05, 3.63) is 112 Å². The minimum Gasteiger partial charge on any atom is -0.422 e.